The van der Waals surface area contributed by atoms with E-state index >= 15 is 0 Å². The smallest absolute Gasteiger partial charge is 0.326 e. The molecular weight excluding hydrogens is 1140 g/mol. The first-order valence-electron chi connectivity index (χ1n) is 25.8. The lowest BCUT2D eigenvalue weighted by molar-refractivity contribution is -0.142. The number of aliphatic imine (C=N–C) groups is 1. The van der Waals surface area contributed by atoms with Crippen molar-refractivity contribution in [1.29, 1.82) is 0 Å². The molecule has 0 radical (unpaired) electrons. The standard InChI is InChI=1S/C49H80N14O16S3/c1-23(2)18-31(59-45(75)33(21-37(67)68)58-39(69)24(3)50)43(73)55-30(14-17-82-6)42(72)63-38(25(4)64)47(77)57-28(8-7-15-54-49(52)53)40(70)62-35(22-80)46(76)56-29(13-16-81-5)41(71)60-32(20-36(51)66)44(74)61-34(48(78)79)19-26-9-11-27(65)12-10-26/h9-12,23-25,28-35,38,64-65,80H,7-8,13-22,50H2,1-6H3,(H2,51,66)(H,55,73)(H,56,76)(H,57,77)(H,58,69)(H,59,75)(H,60,71)(H,61,74)(H,62,70)(H,63,72)(H,67,68)(H,78,79)(H4,52,53,54)/t24-,25+,28-,29-,30-,31-,32-,33-,34-,35-,38-/m0/s1. The minimum Gasteiger partial charge on any atom is -0.508 e. The number of phenolic OH excluding ortho intramolecular Hbond substituents is 1. The van der Waals surface area contributed by atoms with E-state index in [9.17, 15) is 78.0 Å². The Labute approximate surface area is 488 Å². The van der Waals surface area contributed by atoms with E-state index in [1.807, 2.05) is 0 Å². The SMILES string of the molecule is CSCC[C@H](NC(=O)[C@H](CS)NC(=O)[C@H](CCCN=C(N)N)NC(=O)[C@@H](NC(=O)[C@H](CCSC)NC(=O)[C@H](CC(C)C)NC(=O)[C@H](CC(=O)O)NC(=O)[C@H](C)N)[C@@H](C)O)C(=O)N[C@@H](CC(N)=O)C(=O)N[C@@H](Cc1ccc(O)cc1)C(=O)O. The molecule has 0 bridgehead atoms. The molecule has 1 rings (SSSR count). The van der Waals surface area contributed by atoms with Crippen LogP contribution >= 0.6 is 36.2 Å². The predicted molar refractivity (Wildman–Crippen MR) is 307 cm³/mol. The number of carbonyl (C=O) groups excluding carboxylic acids is 10. The summed E-state index contributed by atoms with van der Waals surface area (Å²) < 4.78 is 0. The second kappa shape index (κ2) is 37.8. The Bertz CT molecular complexity index is 2380. The van der Waals surface area contributed by atoms with E-state index in [-0.39, 0.29) is 74.2 Å². The number of nitrogens with one attached hydrogen (secondary N) is 9. The normalized spacial score (nSPS) is 15.0. The number of benzene rings is 1. The van der Waals surface area contributed by atoms with Crippen molar-refractivity contribution >= 4 is 113 Å². The van der Waals surface area contributed by atoms with Gasteiger partial charge in [0.1, 0.15) is 60.1 Å². The summed E-state index contributed by atoms with van der Waals surface area (Å²) in [4.78, 5) is 163. The van der Waals surface area contributed by atoms with Gasteiger partial charge in [0.25, 0.3) is 0 Å². The molecule has 10 amide bonds. The largest absolute Gasteiger partial charge is 0.508 e. The summed E-state index contributed by atoms with van der Waals surface area (Å²) in [6.45, 7) is 5.85. The van der Waals surface area contributed by atoms with Gasteiger partial charge in [0.2, 0.25) is 59.1 Å². The van der Waals surface area contributed by atoms with Gasteiger partial charge in [-0.05, 0) is 93.6 Å². The van der Waals surface area contributed by atoms with Gasteiger partial charge in [-0.25, -0.2) is 4.79 Å². The average molecular weight is 1220 g/mol. The lowest BCUT2D eigenvalue weighted by atomic mass is 10.0. The summed E-state index contributed by atoms with van der Waals surface area (Å²) in [5.41, 5.74) is 22.3. The molecule has 0 aromatic heterocycles. The number of carboxylic acids is 2. The minimum absolute atomic E-state index is 0.0213. The number of phenols is 1. The van der Waals surface area contributed by atoms with Crippen LogP contribution in [0.25, 0.3) is 0 Å². The van der Waals surface area contributed by atoms with Crippen molar-refractivity contribution in [2.45, 2.75) is 146 Å². The summed E-state index contributed by atoms with van der Waals surface area (Å²) in [7, 11) is 0. The number of carbonyl (C=O) groups is 12. The third kappa shape index (κ3) is 28.1. The fourth-order valence-electron chi connectivity index (χ4n) is 7.40. The summed E-state index contributed by atoms with van der Waals surface area (Å²) in [6, 6.07) is -9.68. The molecular formula is C49H80N14O16S3. The van der Waals surface area contributed by atoms with Gasteiger partial charge in [-0.1, -0.05) is 26.0 Å². The van der Waals surface area contributed by atoms with Crippen LogP contribution in [0.3, 0.4) is 0 Å². The summed E-state index contributed by atoms with van der Waals surface area (Å²) in [6.07, 6.45) is -0.481. The fraction of sp³-hybridized carbons (Fsp3) is 0.612. The van der Waals surface area contributed by atoms with Crippen LogP contribution in [0.4, 0.5) is 0 Å². The number of aliphatic hydroxyl groups excluding tert-OH is 1. The van der Waals surface area contributed by atoms with Crippen LogP contribution in [0.15, 0.2) is 29.3 Å². The van der Waals surface area contributed by atoms with Crippen molar-refractivity contribution in [3.63, 3.8) is 0 Å². The van der Waals surface area contributed by atoms with Crippen molar-refractivity contribution in [3.8, 4) is 5.75 Å². The molecule has 460 valence electrons. The van der Waals surface area contributed by atoms with Crippen LogP contribution in [0, 0.1) is 5.92 Å². The highest BCUT2D eigenvalue weighted by Crippen LogP contribution is 2.14. The number of hydrogen-bond donors (Lipinski definition) is 18. The zero-order valence-electron chi connectivity index (χ0n) is 46.4. The Hall–Kier alpha value is -7.10. The molecule has 0 aliphatic carbocycles. The molecule has 0 heterocycles. The Morgan fingerprint density at radius 3 is 1.43 bits per heavy atom. The topological polar surface area (TPSA) is 510 Å². The van der Waals surface area contributed by atoms with E-state index < -0.39 is 156 Å². The number of thiol groups is 1. The molecule has 0 spiro atoms. The molecule has 21 N–H and O–H groups in total. The highest BCUT2D eigenvalue weighted by molar-refractivity contribution is 7.98. The van der Waals surface area contributed by atoms with E-state index in [0.717, 1.165) is 6.92 Å². The van der Waals surface area contributed by atoms with Gasteiger partial charge in [-0.3, -0.25) is 57.7 Å². The molecule has 0 aliphatic heterocycles. The molecule has 30 nitrogen and oxygen atoms in total. The quantitative estimate of drug-likeness (QED) is 0.0127. The number of guanidine groups is 1. The molecule has 0 unspecified atom stereocenters. The number of rotatable bonds is 39. The molecule has 0 saturated carbocycles. The van der Waals surface area contributed by atoms with Crippen molar-refractivity contribution < 1.29 is 78.0 Å². The first kappa shape index (κ1) is 72.9. The Kier molecular flexibility index (Phi) is 33.6. The summed E-state index contributed by atoms with van der Waals surface area (Å²) in [5.74, 6) is -13.4. The first-order valence-corrected chi connectivity index (χ1v) is 29.2. The highest BCUT2D eigenvalue weighted by Gasteiger charge is 2.37. The third-order valence-corrected chi connectivity index (χ3v) is 13.4. The van der Waals surface area contributed by atoms with Gasteiger partial charge in [0, 0.05) is 18.7 Å². The number of nitrogens with two attached hydrogens (primary N) is 4. The second-order valence-corrected chi connectivity index (χ2v) is 21.6. The van der Waals surface area contributed by atoms with E-state index in [2.05, 4.69) is 65.5 Å². The molecule has 11 atom stereocenters. The third-order valence-electron chi connectivity index (χ3n) is 11.7. The average Bonchev–Trinajstić information content (AvgIpc) is 3.48. The maximum absolute atomic E-state index is 14.1. The van der Waals surface area contributed by atoms with E-state index in [1.165, 1.54) is 54.7 Å². The lowest BCUT2D eigenvalue weighted by Gasteiger charge is -2.29. The van der Waals surface area contributed by atoms with Crippen LogP contribution in [0.5, 0.6) is 5.75 Å². The van der Waals surface area contributed by atoms with E-state index in [4.69, 9.17) is 22.9 Å². The maximum atomic E-state index is 14.1. The van der Waals surface area contributed by atoms with Gasteiger partial charge in [-0.2, -0.15) is 36.2 Å². The zero-order chi connectivity index (χ0) is 62.4. The number of nitrogens with zero attached hydrogens (tertiary/aromatic N) is 1. The Morgan fingerprint density at radius 2 is 0.976 bits per heavy atom. The van der Waals surface area contributed by atoms with Crippen LogP contribution in [-0.2, 0) is 64.0 Å². The Balaban J connectivity index is 3.46. The van der Waals surface area contributed by atoms with Gasteiger partial charge < -0.3 is 91.2 Å². The van der Waals surface area contributed by atoms with Gasteiger partial charge in [-0.15, -0.1) is 0 Å². The number of hydrogen-bond acceptors (Lipinski definition) is 19. The number of carboxylic acid groups (broad SMARTS) is 2. The fourth-order valence-corrected chi connectivity index (χ4v) is 8.60. The number of amides is 10. The predicted octanol–water partition coefficient (Wildman–Crippen LogP) is -5.00. The van der Waals surface area contributed by atoms with Gasteiger partial charge in [0.15, 0.2) is 5.96 Å². The minimum atomic E-state index is -1.81. The molecule has 0 aliphatic rings. The summed E-state index contributed by atoms with van der Waals surface area (Å²) >= 11 is 6.79. The first-order chi connectivity index (χ1) is 38.4. The zero-order valence-corrected chi connectivity index (χ0v) is 49.0. The molecule has 82 heavy (non-hydrogen) atoms. The number of aromatic hydroxyl groups is 1. The van der Waals surface area contributed by atoms with E-state index in [1.54, 1.807) is 26.4 Å². The van der Waals surface area contributed by atoms with Crippen molar-refractivity contribution in [2.24, 2.45) is 33.8 Å². The van der Waals surface area contributed by atoms with Crippen LogP contribution in [-0.4, -0.2) is 200 Å². The van der Waals surface area contributed by atoms with Crippen molar-refractivity contribution in [1.82, 2.24) is 47.9 Å². The van der Waals surface area contributed by atoms with Crippen LogP contribution in [0.1, 0.15) is 78.2 Å². The number of aliphatic hydroxyl groups is 1. The maximum Gasteiger partial charge on any atom is 0.326 e. The Morgan fingerprint density at radius 1 is 0.561 bits per heavy atom. The number of primary amides is 1. The number of thioether (sulfide) groups is 2. The lowest BCUT2D eigenvalue weighted by Crippen LogP contribution is -2.62. The molecule has 1 aromatic rings. The molecule has 0 saturated heterocycles. The van der Waals surface area contributed by atoms with Gasteiger partial charge in [0.05, 0.1) is 25.0 Å². The van der Waals surface area contributed by atoms with Crippen molar-refractivity contribution in [2.75, 3.05) is 36.3 Å². The summed E-state index contributed by atoms with van der Waals surface area (Å²) in [5, 5.41) is 61.4. The second-order valence-electron chi connectivity index (χ2n) is 19.3. The van der Waals surface area contributed by atoms with Crippen LogP contribution in [0.2, 0.25) is 0 Å². The molecule has 0 fully saturated rings. The monoisotopic (exact) mass is 1220 g/mol. The van der Waals surface area contributed by atoms with Gasteiger partial charge >= 0.3 is 11.9 Å². The van der Waals surface area contributed by atoms with E-state index in [0.29, 0.717) is 5.56 Å². The molecule has 33 heteroatoms. The highest BCUT2D eigenvalue weighted by atomic mass is 32.2. The van der Waals surface area contributed by atoms with Crippen LogP contribution < -0.4 is 70.8 Å². The van der Waals surface area contributed by atoms with Crippen molar-refractivity contribution in [3.05, 3.63) is 29.8 Å². The number of aliphatic carboxylic acids is 2. The molecule has 1 aromatic carbocycles.